The molecule has 1 unspecified atom stereocenters. The number of nitrogens with two attached hydrogens (primary N) is 1. The fraction of sp³-hybridized carbons (Fsp3) is 0.200. The third-order valence-corrected chi connectivity index (χ3v) is 4.57. The minimum Gasteiger partial charge on any atom is -0.486 e. The Bertz CT molecular complexity index is 705. The van der Waals surface area contributed by atoms with Crippen LogP contribution in [0.4, 0.5) is 10.1 Å². The standard InChI is InChI=1S/C15H14FNO3S/c16-11-3-1-2-4-15(11)21(18)9-10-7-13-14(8-12(10)17)20-6-5-19-13/h1-4,7-8H,5-6,9,17H2. The van der Waals surface area contributed by atoms with Crippen molar-refractivity contribution in [2.45, 2.75) is 10.6 Å². The first-order valence-corrected chi connectivity index (χ1v) is 7.78. The molecule has 0 aliphatic carbocycles. The van der Waals surface area contributed by atoms with Gasteiger partial charge in [-0.25, -0.2) is 4.39 Å². The molecule has 2 aromatic carbocycles. The maximum Gasteiger partial charge on any atom is 0.163 e. The van der Waals surface area contributed by atoms with Gasteiger partial charge in [0.1, 0.15) is 19.0 Å². The Morgan fingerprint density at radius 2 is 1.81 bits per heavy atom. The molecule has 1 atom stereocenters. The molecule has 0 spiro atoms. The van der Waals surface area contributed by atoms with Crippen molar-refractivity contribution in [1.29, 1.82) is 0 Å². The van der Waals surface area contributed by atoms with E-state index in [2.05, 4.69) is 0 Å². The molecule has 0 aromatic heterocycles. The summed E-state index contributed by atoms with van der Waals surface area (Å²) in [5, 5.41) is 0. The third-order valence-electron chi connectivity index (χ3n) is 3.17. The Balaban J connectivity index is 1.88. The number of halogens is 1. The summed E-state index contributed by atoms with van der Waals surface area (Å²) in [5.41, 5.74) is 7.06. The van der Waals surface area contributed by atoms with Crippen LogP contribution >= 0.6 is 0 Å². The first-order valence-electron chi connectivity index (χ1n) is 6.46. The van der Waals surface area contributed by atoms with Crippen LogP contribution < -0.4 is 15.2 Å². The van der Waals surface area contributed by atoms with Gasteiger partial charge in [-0.05, 0) is 23.8 Å². The van der Waals surface area contributed by atoms with Crippen molar-refractivity contribution in [3.05, 3.63) is 47.8 Å². The van der Waals surface area contributed by atoms with E-state index >= 15 is 0 Å². The highest BCUT2D eigenvalue weighted by Crippen LogP contribution is 2.35. The van der Waals surface area contributed by atoms with Crippen LogP contribution in [0.1, 0.15) is 5.56 Å². The first-order chi connectivity index (χ1) is 10.1. The van der Waals surface area contributed by atoms with Crippen LogP contribution in [-0.4, -0.2) is 17.4 Å². The van der Waals surface area contributed by atoms with Crippen LogP contribution in [0.2, 0.25) is 0 Å². The van der Waals surface area contributed by atoms with E-state index < -0.39 is 16.6 Å². The van der Waals surface area contributed by atoms with Gasteiger partial charge in [0.2, 0.25) is 0 Å². The Hall–Kier alpha value is -2.08. The van der Waals surface area contributed by atoms with Gasteiger partial charge in [-0.3, -0.25) is 4.21 Å². The normalized spacial score (nSPS) is 14.7. The van der Waals surface area contributed by atoms with Crippen molar-refractivity contribution in [2.24, 2.45) is 0 Å². The van der Waals surface area contributed by atoms with Crippen LogP contribution in [0.25, 0.3) is 0 Å². The van der Waals surface area contributed by atoms with Crippen LogP contribution in [0.3, 0.4) is 0 Å². The topological polar surface area (TPSA) is 61.6 Å². The zero-order chi connectivity index (χ0) is 14.8. The van der Waals surface area contributed by atoms with E-state index in [0.717, 1.165) is 0 Å². The van der Waals surface area contributed by atoms with Gasteiger partial charge in [0.15, 0.2) is 11.5 Å². The molecule has 2 aromatic rings. The molecule has 21 heavy (non-hydrogen) atoms. The molecule has 110 valence electrons. The zero-order valence-electron chi connectivity index (χ0n) is 11.2. The highest BCUT2D eigenvalue weighted by Gasteiger charge is 2.17. The SMILES string of the molecule is Nc1cc2c(cc1CS(=O)c1ccccc1F)OCCO2. The van der Waals surface area contributed by atoms with Crippen molar-refractivity contribution in [3.8, 4) is 11.5 Å². The molecule has 0 fully saturated rings. The van der Waals surface area contributed by atoms with Gasteiger partial charge in [0.25, 0.3) is 0 Å². The summed E-state index contributed by atoms with van der Waals surface area (Å²) >= 11 is 0. The number of nitrogen functional groups attached to an aromatic ring is 1. The molecule has 0 radical (unpaired) electrons. The van der Waals surface area contributed by atoms with Gasteiger partial charge in [0, 0.05) is 11.8 Å². The number of anilines is 1. The fourth-order valence-electron chi connectivity index (χ4n) is 2.12. The number of benzene rings is 2. The van der Waals surface area contributed by atoms with E-state index in [1.807, 2.05) is 0 Å². The molecule has 2 N–H and O–H groups in total. The van der Waals surface area contributed by atoms with Gasteiger partial charge in [0.05, 0.1) is 21.4 Å². The summed E-state index contributed by atoms with van der Waals surface area (Å²) in [6.45, 7) is 0.944. The number of ether oxygens (including phenoxy) is 2. The molecule has 1 aliphatic rings. The summed E-state index contributed by atoms with van der Waals surface area (Å²) in [6.07, 6.45) is 0. The average molecular weight is 307 g/mol. The van der Waals surface area contributed by atoms with Crippen molar-refractivity contribution >= 4 is 16.5 Å². The Morgan fingerprint density at radius 3 is 2.52 bits per heavy atom. The predicted molar refractivity (Wildman–Crippen MR) is 78.4 cm³/mol. The maximum absolute atomic E-state index is 13.6. The van der Waals surface area contributed by atoms with Crippen LogP contribution in [-0.2, 0) is 16.6 Å². The van der Waals surface area contributed by atoms with E-state index in [1.54, 1.807) is 24.3 Å². The molecule has 3 rings (SSSR count). The summed E-state index contributed by atoms with van der Waals surface area (Å²) < 4.78 is 36.8. The third kappa shape index (κ3) is 2.85. The highest BCUT2D eigenvalue weighted by atomic mass is 32.2. The van der Waals surface area contributed by atoms with Crippen LogP contribution in [0.5, 0.6) is 11.5 Å². The van der Waals surface area contributed by atoms with Gasteiger partial charge < -0.3 is 15.2 Å². The number of hydrogen-bond acceptors (Lipinski definition) is 4. The molecule has 0 saturated carbocycles. The van der Waals surface area contributed by atoms with E-state index in [4.69, 9.17) is 15.2 Å². The summed E-state index contributed by atoms with van der Waals surface area (Å²) in [6, 6.07) is 9.39. The highest BCUT2D eigenvalue weighted by molar-refractivity contribution is 7.84. The second-order valence-electron chi connectivity index (χ2n) is 4.61. The number of hydrogen-bond donors (Lipinski definition) is 1. The Kier molecular flexibility index (Phi) is 3.79. The minimum absolute atomic E-state index is 0.128. The lowest BCUT2D eigenvalue weighted by molar-refractivity contribution is 0.171. The molecule has 1 heterocycles. The lowest BCUT2D eigenvalue weighted by Crippen LogP contribution is -2.16. The number of rotatable bonds is 3. The van der Waals surface area contributed by atoms with Crippen LogP contribution in [0.15, 0.2) is 41.3 Å². The van der Waals surface area contributed by atoms with Gasteiger partial charge in [-0.1, -0.05) is 12.1 Å². The van der Waals surface area contributed by atoms with Crippen molar-refractivity contribution < 1.29 is 18.1 Å². The minimum atomic E-state index is -1.51. The molecule has 6 heteroatoms. The van der Waals surface area contributed by atoms with Crippen molar-refractivity contribution in [1.82, 2.24) is 0 Å². The van der Waals surface area contributed by atoms with Gasteiger partial charge in [-0.2, -0.15) is 0 Å². The number of fused-ring (bicyclic) bond motifs is 1. The summed E-state index contributed by atoms with van der Waals surface area (Å²) in [4.78, 5) is 0.173. The Labute approximate surface area is 124 Å². The van der Waals surface area contributed by atoms with Crippen molar-refractivity contribution in [3.63, 3.8) is 0 Å². The molecule has 4 nitrogen and oxygen atoms in total. The zero-order valence-corrected chi connectivity index (χ0v) is 12.0. The molecule has 0 amide bonds. The average Bonchev–Trinajstić information content (AvgIpc) is 2.48. The summed E-state index contributed by atoms with van der Waals surface area (Å²) in [5.74, 6) is 0.811. The molecular formula is C15H14FNO3S. The van der Waals surface area contributed by atoms with Crippen molar-refractivity contribution in [2.75, 3.05) is 18.9 Å². The molecule has 1 aliphatic heterocycles. The molecule has 0 saturated heterocycles. The molecule has 0 bridgehead atoms. The van der Waals surface area contributed by atoms with E-state index in [0.29, 0.717) is 36.0 Å². The van der Waals surface area contributed by atoms with E-state index in [-0.39, 0.29) is 10.6 Å². The smallest absolute Gasteiger partial charge is 0.163 e. The van der Waals surface area contributed by atoms with Gasteiger partial charge in [-0.15, -0.1) is 0 Å². The molecular weight excluding hydrogens is 293 g/mol. The monoisotopic (exact) mass is 307 g/mol. The maximum atomic E-state index is 13.6. The second kappa shape index (κ2) is 5.73. The van der Waals surface area contributed by atoms with E-state index in [1.165, 1.54) is 12.1 Å². The summed E-state index contributed by atoms with van der Waals surface area (Å²) in [7, 11) is -1.51. The predicted octanol–water partition coefficient (Wildman–Crippen LogP) is 2.49. The fourth-order valence-corrected chi connectivity index (χ4v) is 3.32. The largest absolute Gasteiger partial charge is 0.486 e. The van der Waals surface area contributed by atoms with E-state index in [9.17, 15) is 8.60 Å². The first kappa shape index (κ1) is 13.9. The Morgan fingerprint density at radius 1 is 1.14 bits per heavy atom. The lowest BCUT2D eigenvalue weighted by Gasteiger charge is -2.20. The lowest BCUT2D eigenvalue weighted by atomic mass is 10.2. The second-order valence-corrected chi connectivity index (χ2v) is 6.03. The van der Waals surface area contributed by atoms with Crippen LogP contribution in [0, 0.1) is 5.82 Å². The van der Waals surface area contributed by atoms with Gasteiger partial charge >= 0.3 is 0 Å². The quantitative estimate of drug-likeness (QED) is 0.885.